The number of thiophene rings is 1. The number of nitrogens with zero attached hydrogens (tertiary/aromatic N) is 1. The molecule has 1 aliphatic rings. The van der Waals surface area contributed by atoms with Crippen molar-refractivity contribution in [2.75, 3.05) is 33.9 Å². The highest BCUT2D eigenvalue weighted by molar-refractivity contribution is 7.22. The number of fused-ring (bicyclic) bond motifs is 1. The largest absolute Gasteiger partial charge is 0.508 e. The van der Waals surface area contributed by atoms with Crippen LogP contribution in [0.5, 0.6) is 17.2 Å². The van der Waals surface area contributed by atoms with Gasteiger partial charge in [0, 0.05) is 21.7 Å². The first-order valence-electron chi connectivity index (χ1n) is 12.5. The van der Waals surface area contributed by atoms with Crippen LogP contribution in [0.4, 0.5) is 0 Å². The molecule has 7 heteroatoms. The van der Waals surface area contributed by atoms with Gasteiger partial charge in [0.2, 0.25) is 0 Å². The lowest BCUT2D eigenvalue weighted by Gasteiger charge is -2.18. The van der Waals surface area contributed by atoms with Crippen LogP contribution in [0.2, 0.25) is 0 Å². The lowest BCUT2D eigenvalue weighted by molar-refractivity contribution is -0.142. The summed E-state index contributed by atoms with van der Waals surface area (Å²) in [6, 6.07) is 19.8. The van der Waals surface area contributed by atoms with Crippen LogP contribution in [0.1, 0.15) is 29.5 Å². The number of aromatic hydroxyl groups is 1. The molecule has 5 rings (SSSR count). The fraction of sp³-hybridized carbons (Fsp3) is 0.300. The van der Waals surface area contributed by atoms with E-state index >= 15 is 0 Å². The first-order chi connectivity index (χ1) is 18.0. The second kappa shape index (κ2) is 11.2. The molecule has 0 spiro atoms. The number of rotatable bonds is 9. The Hall–Kier alpha value is -3.55. The predicted molar refractivity (Wildman–Crippen MR) is 147 cm³/mol. The van der Waals surface area contributed by atoms with Crippen molar-refractivity contribution in [1.29, 1.82) is 0 Å². The van der Waals surface area contributed by atoms with Gasteiger partial charge in [0.1, 0.15) is 17.2 Å². The SMILES string of the molecule is COC(=O)COc1ccc(-c2sc3cc(O)ccc3c2Cc2ccc(CN3CCCC3)c(OC)c2)cc1. The van der Waals surface area contributed by atoms with Crippen molar-refractivity contribution < 1.29 is 24.1 Å². The standard InChI is InChI=1S/C30H31NO5S/c1-34-27-16-20(5-6-22(27)18-31-13-3-4-14-31)15-26-25-12-9-23(32)17-28(25)37-30(26)21-7-10-24(11-8-21)36-19-29(33)35-2/h5-12,16-17,32H,3-4,13-15,18-19H2,1-2H3. The van der Waals surface area contributed by atoms with Gasteiger partial charge in [-0.2, -0.15) is 0 Å². The summed E-state index contributed by atoms with van der Waals surface area (Å²) in [6.45, 7) is 3.08. The predicted octanol–water partition coefficient (Wildman–Crippen LogP) is 6.02. The first kappa shape index (κ1) is 25.1. The van der Waals surface area contributed by atoms with E-state index in [-0.39, 0.29) is 12.4 Å². The lowest BCUT2D eigenvalue weighted by atomic mass is 9.97. The van der Waals surface area contributed by atoms with Crippen LogP contribution in [0.15, 0.2) is 60.7 Å². The summed E-state index contributed by atoms with van der Waals surface area (Å²) in [5, 5.41) is 11.2. The van der Waals surface area contributed by atoms with E-state index in [1.165, 1.54) is 36.6 Å². The zero-order valence-corrected chi connectivity index (χ0v) is 22.0. The quantitative estimate of drug-likeness (QED) is 0.274. The number of esters is 1. The molecule has 1 aromatic heterocycles. The van der Waals surface area contributed by atoms with E-state index in [1.807, 2.05) is 36.4 Å². The summed E-state index contributed by atoms with van der Waals surface area (Å²) in [7, 11) is 3.08. The highest BCUT2D eigenvalue weighted by Crippen LogP contribution is 2.42. The molecule has 0 radical (unpaired) electrons. The maximum absolute atomic E-state index is 11.4. The number of carbonyl (C=O) groups is 1. The van der Waals surface area contributed by atoms with Crippen LogP contribution in [-0.2, 0) is 22.5 Å². The number of ether oxygens (including phenoxy) is 3. The van der Waals surface area contributed by atoms with Gasteiger partial charge in [-0.3, -0.25) is 4.90 Å². The zero-order chi connectivity index (χ0) is 25.8. The van der Waals surface area contributed by atoms with Crippen molar-refractivity contribution in [2.45, 2.75) is 25.8 Å². The minimum atomic E-state index is -0.419. The molecule has 0 saturated carbocycles. The van der Waals surface area contributed by atoms with Crippen LogP contribution in [0.25, 0.3) is 20.5 Å². The Kier molecular flexibility index (Phi) is 7.63. The zero-order valence-electron chi connectivity index (χ0n) is 21.2. The molecule has 37 heavy (non-hydrogen) atoms. The Morgan fingerprint density at radius 1 is 1.00 bits per heavy atom. The van der Waals surface area contributed by atoms with Gasteiger partial charge in [-0.25, -0.2) is 4.79 Å². The van der Waals surface area contributed by atoms with Crippen LogP contribution in [-0.4, -0.2) is 49.9 Å². The number of phenols is 1. The molecule has 4 aromatic rings. The van der Waals surface area contributed by atoms with Crippen molar-refractivity contribution in [3.63, 3.8) is 0 Å². The van der Waals surface area contributed by atoms with Gasteiger partial charge in [0.15, 0.2) is 6.61 Å². The van der Waals surface area contributed by atoms with E-state index in [0.717, 1.165) is 52.3 Å². The molecule has 1 fully saturated rings. The van der Waals surface area contributed by atoms with Crippen LogP contribution < -0.4 is 9.47 Å². The van der Waals surface area contributed by atoms with Crippen molar-refractivity contribution in [2.24, 2.45) is 0 Å². The number of carbonyl (C=O) groups excluding carboxylic acids is 1. The van der Waals surface area contributed by atoms with Crippen molar-refractivity contribution in [3.8, 4) is 27.7 Å². The molecule has 0 unspecified atom stereocenters. The average molecular weight is 518 g/mol. The van der Waals surface area contributed by atoms with Gasteiger partial charge in [0.05, 0.1) is 14.2 Å². The van der Waals surface area contributed by atoms with Crippen molar-refractivity contribution in [3.05, 3.63) is 77.4 Å². The van der Waals surface area contributed by atoms with E-state index in [9.17, 15) is 9.90 Å². The van der Waals surface area contributed by atoms with Crippen LogP contribution in [0.3, 0.4) is 0 Å². The van der Waals surface area contributed by atoms with Gasteiger partial charge in [-0.05, 0) is 103 Å². The van der Waals surface area contributed by atoms with E-state index in [4.69, 9.17) is 9.47 Å². The van der Waals surface area contributed by atoms with Crippen molar-refractivity contribution in [1.82, 2.24) is 4.90 Å². The number of hydrogen-bond donors (Lipinski definition) is 1. The summed E-state index contributed by atoms with van der Waals surface area (Å²) >= 11 is 1.66. The number of methoxy groups -OCH3 is 2. The molecule has 2 heterocycles. The molecular weight excluding hydrogens is 486 g/mol. The molecule has 1 aliphatic heterocycles. The Morgan fingerprint density at radius 2 is 1.78 bits per heavy atom. The highest BCUT2D eigenvalue weighted by Gasteiger charge is 2.18. The summed E-state index contributed by atoms with van der Waals surface area (Å²) in [5.41, 5.74) is 4.65. The Balaban J connectivity index is 1.45. The van der Waals surface area contributed by atoms with Crippen LogP contribution in [0, 0.1) is 0 Å². The lowest BCUT2D eigenvalue weighted by Crippen LogP contribution is -2.18. The first-order valence-corrected chi connectivity index (χ1v) is 13.3. The topological polar surface area (TPSA) is 68.2 Å². The normalized spacial score (nSPS) is 13.7. The van der Waals surface area contributed by atoms with Crippen LogP contribution >= 0.6 is 11.3 Å². The number of phenolic OH excluding ortho intramolecular Hbond substituents is 1. The molecule has 0 bridgehead atoms. The Bertz CT molecular complexity index is 1390. The van der Waals surface area contributed by atoms with E-state index in [0.29, 0.717) is 5.75 Å². The molecule has 1 N–H and O–H groups in total. The third kappa shape index (κ3) is 5.73. The van der Waals surface area contributed by atoms with Crippen molar-refractivity contribution >= 4 is 27.4 Å². The highest BCUT2D eigenvalue weighted by atomic mass is 32.1. The minimum absolute atomic E-state index is 0.126. The third-order valence-corrected chi connectivity index (χ3v) is 8.05. The van der Waals surface area contributed by atoms with E-state index in [2.05, 4.69) is 27.8 Å². The molecule has 3 aromatic carbocycles. The van der Waals surface area contributed by atoms with Gasteiger partial charge < -0.3 is 19.3 Å². The van der Waals surface area contributed by atoms with Gasteiger partial charge >= 0.3 is 5.97 Å². The average Bonchev–Trinajstić information content (AvgIpc) is 3.56. The minimum Gasteiger partial charge on any atom is -0.508 e. The molecular formula is C30H31NO5S. The Morgan fingerprint density at radius 3 is 2.51 bits per heavy atom. The number of benzene rings is 3. The molecule has 0 atom stereocenters. The van der Waals surface area contributed by atoms with E-state index < -0.39 is 5.97 Å². The molecule has 192 valence electrons. The number of likely N-dealkylation sites (tertiary alicyclic amines) is 1. The third-order valence-electron chi connectivity index (χ3n) is 6.80. The molecule has 6 nitrogen and oxygen atoms in total. The fourth-order valence-corrected chi connectivity index (χ4v) is 6.13. The van der Waals surface area contributed by atoms with Gasteiger partial charge in [-0.15, -0.1) is 11.3 Å². The summed E-state index contributed by atoms with van der Waals surface area (Å²) in [4.78, 5) is 15.0. The summed E-state index contributed by atoms with van der Waals surface area (Å²) in [6.07, 6.45) is 3.27. The smallest absolute Gasteiger partial charge is 0.343 e. The maximum atomic E-state index is 11.4. The van der Waals surface area contributed by atoms with E-state index in [1.54, 1.807) is 24.5 Å². The monoisotopic (exact) mass is 517 g/mol. The molecule has 1 saturated heterocycles. The molecule has 0 amide bonds. The maximum Gasteiger partial charge on any atom is 0.343 e. The summed E-state index contributed by atoms with van der Waals surface area (Å²) < 4.78 is 17.0. The second-order valence-corrected chi connectivity index (χ2v) is 10.3. The number of hydrogen-bond acceptors (Lipinski definition) is 7. The van der Waals surface area contributed by atoms with Gasteiger partial charge in [0.25, 0.3) is 0 Å². The second-order valence-electron chi connectivity index (χ2n) is 9.29. The fourth-order valence-electron chi connectivity index (χ4n) is 4.87. The Labute approximate surface area is 221 Å². The molecule has 0 aliphatic carbocycles. The summed E-state index contributed by atoms with van der Waals surface area (Å²) in [5.74, 6) is 1.37. The van der Waals surface area contributed by atoms with Gasteiger partial charge in [-0.1, -0.05) is 12.1 Å².